The molecule has 1 saturated heterocycles. The van der Waals surface area contributed by atoms with E-state index in [1.807, 2.05) is 26.0 Å². The molecular weight excluding hydrogens is 460 g/mol. The van der Waals surface area contributed by atoms with Crippen LogP contribution in [0.4, 0.5) is 0 Å². The van der Waals surface area contributed by atoms with Crippen molar-refractivity contribution >= 4 is 5.78 Å². The first kappa shape index (κ1) is 26.7. The smallest absolute Gasteiger partial charge is 0.206 e. The zero-order valence-electron chi connectivity index (χ0n) is 20.9. The van der Waals surface area contributed by atoms with Crippen LogP contribution in [0.3, 0.4) is 0 Å². The number of hydrogen-bond donors (Lipinski definition) is 0. The van der Waals surface area contributed by atoms with Crippen molar-refractivity contribution in [2.45, 2.75) is 26.1 Å². The summed E-state index contributed by atoms with van der Waals surface area (Å²) in [4.78, 5) is 13.4. The maximum Gasteiger partial charge on any atom is 0.206 e. The van der Waals surface area contributed by atoms with E-state index in [2.05, 4.69) is 0 Å². The van der Waals surface area contributed by atoms with Crippen molar-refractivity contribution in [1.29, 1.82) is 0 Å². The second-order valence-electron chi connectivity index (χ2n) is 7.85. The van der Waals surface area contributed by atoms with Crippen LogP contribution >= 0.6 is 0 Å². The van der Waals surface area contributed by atoms with Gasteiger partial charge in [0.2, 0.25) is 5.75 Å². The van der Waals surface area contributed by atoms with Crippen LogP contribution in [0.2, 0.25) is 0 Å². The van der Waals surface area contributed by atoms with Crippen LogP contribution in [-0.2, 0) is 23.7 Å². The van der Waals surface area contributed by atoms with E-state index in [9.17, 15) is 4.79 Å². The Bertz CT molecular complexity index is 977. The molecule has 10 heteroatoms. The van der Waals surface area contributed by atoms with Crippen LogP contribution in [0.5, 0.6) is 23.0 Å². The standard InChI is InChI=1S/C25H32O10/c1-15-7-16(2)21(18(8-15)31-11-27-3)22(26)25-23(35-25)17-9-19(32-12-28-4)24(34-14-30-6)20(10-17)33-13-29-5/h7-10,23,25H,11-14H2,1-6H3. The van der Waals surface area contributed by atoms with Crippen LogP contribution in [0.15, 0.2) is 24.3 Å². The zero-order chi connectivity index (χ0) is 25.4. The molecule has 0 N–H and O–H groups in total. The summed E-state index contributed by atoms with van der Waals surface area (Å²) in [5.74, 6) is 1.30. The minimum absolute atomic E-state index is 0.0207. The summed E-state index contributed by atoms with van der Waals surface area (Å²) in [7, 11) is 6.05. The highest BCUT2D eigenvalue weighted by molar-refractivity contribution is 6.05. The van der Waals surface area contributed by atoms with Crippen LogP contribution in [-0.4, -0.2) is 67.5 Å². The second kappa shape index (κ2) is 12.7. The van der Waals surface area contributed by atoms with E-state index in [0.717, 1.165) is 11.1 Å². The SMILES string of the molecule is COCOc1cc(C2OC2C(=O)c2c(C)cc(C)cc2OCOC)cc(OCOC)c1OCOC. The summed E-state index contributed by atoms with van der Waals surface area (Å²) in [5, 5.41) is 0. The zero-order valence-corrected chi connectivity index (χ0v) is 20.9. The van der Waals surface area contributed by atoms with Gasteiger partial charge in [-0.15, -0.1) is 0 Å². The molecule has 0 amide bonds. The molecule has 2 atom stereocenters. The molecule has 2 unspecified atom stereocenters. The highest BCUT2D eigenvalue weighted by Gasteiger charge is 2.48. The van der Waals surface area contributed by atoms with Gasteiger partial charge in [-0.05, 0) is 48.7 Å². The van der Waals surface area contributed by atoms with Gasteiger partial charge in [-0.25, -0.2) is 0 Å². The first-order chi connectivity index (χ1) is 16.9. The van der Waals surface area contributed by atoms with E-state index in [-0.39, 0.29) is 33.0 Å². The predicted molar refractivity (Wildman–Crippen MR) is 124 cm³/mol. The molecule has 0 saturated carbocycles. The highest BCUT2D eigenvalue weighted by Crippen LogP contribution is 2.48. The van der Waals surface area contributed by atoms with Crippen molar-refractivity contribution in [3.8, 4) is 23.0 Å². The Balaban J connectivity index is 1.92. The number of carbonyl (C=O) groups excluding carboxylic acids is 1. The number of ketones is 1. The third-order valence-corrected chi connectivity index (χ3v) is 5.13. The van der Waals surface area contributed by atoms with Gasteiger partial charge in [0.05, 0.1) is 5.56 Å². The predicted octanol–water partition coefficient (Wildman–Crippen LogP) is 3.56. The fourth-order valence-corrected chi connectivity index (χ4v) is 3.67. The Morgan fingerprint density at radius 3 is 1.80 bits per heavy atom. The van der Waals surface area contributed by atoms with Crippen LogP contribution in [0.1, 0.15) is 33.2 Å². The molecule has 2 aromatic rings. The second-order valence-corrected chi connectivity index (χ2v) is 7.85. The molecule has 0 bridgehead atoms. The van der Waals surface area contributed by atoms with Gasteiger partial charge in [-0.3, -0.25) is 4.79 Å². The van der Waals surface area contributed by atoms with E-state index in [0.29, 0.717) is 34.1 Å². The molecule has 1 heterocycles. The average molecular weight is 493 g/mol. The number of hydrogen-bond acceptors (Lipinski definition) is 10. The van der Waals surface area contributed by atoms with Crippen molar-refractivity contribution in [3.05, 3.63) is 46.5 Å². The topological polar surface area (TPSA) is 103 Å². The molecule has 1 aliphatic rings. The molecule has 0 aromatic heterocycles. The highest BCUT2D eigenvalue weighted by atomic mass is 16.7. The molecule has 192 valence electrons. The lowest BCUT2D eigenvalue weighted by Crippen LogP contribution is -2.14. The first-order valence-electron chi connectivity index (χ1n) is 10.9. The number of carbonyl (C=O) groups is 1. The van der Waals surface area contributed by atoms with E-state index >= 15 is 0 Å². The number of benzene rings is 2. The molecule has 2 aromatic carbocycles. The Morgan fingerprint density at radius 1 is 0.743 bits per heavy atom. The molecule has 3 rings (SSSR count). The van der Waals surface area contributed by atoms with Crippen molar-refractivity contribution in [2.75, 3.05) is 55.6 Å². The molecule has 1 aliphatic heterocycles. The lowest BCUT2D eigenvalue weighted by molar-refractivity contribution is 0.0217. The fraction of sp³-hybridized carbons (Fsp3) is 0.480. The summed E-state index contributed by atoms with van der Waals surface area (Å²) in [6.45, 7) is 3.77. The molecule has 35 heavy (non-hydrogen) atoms. The minimum atomic E-state index is -0.697. The Morgan fingerprint density at radius 2 is 1.26 bits per heavy atom. The number of rotatable bonds is 15. The summed E-state index contributed by atoms with van der Waals surface area (Å²) < 4.78 is 48.7. The summed E-state index contributed by atoms with van der Waals surface area (Å²) in [5.41, 5.74) is 2.91. The Hall–Kier alpha value is -2.89. The van der Waals surface area contributed by atoms with E-state index < -0.39 is 12.2 Å². The van der Waals surface area contributed by atoms with Gasteiger partial charge in [-0.1, -0.05) is 6.07 Å². The van der Waals surface area contributed by atoms with E-state index in [1.165, 1.54) is 28.4 Å². The van der Waals surface area contributed by atoms with Crippen molar-refractivity contribution in [2.24, 2.45) is 0 Å². The molecule has 10 nitrogen and oxygen atoms in total. The average Bonchev–Trinajstić information content (AvgIpc) is 3.64. The number of epoxide rings is 1. The number of ether oxygens (including phenoxy) is 9. The van der Waals surface area contributed by atoms with Gasteiger partial charge in [0.25, 0.3) is 0 Å². The maximum absolute atomic E-state index is 13.4. The fourth-order valence-electron chi connectivity index (χ4n) is 3.67. The lowest BCUT2D eigenvalue weighted by Gasteiger charge is -2.17. The van der Waals surface area contributed by atoms with Gasteiger partial charge in [0.15, 0.2) is 50.6 Å². The van der Waals surface area contributed by atoms with E-state index in [1.54, 1.807) is 12.1 Å². The lowest BCUT2D eigenvalue weighted by atomic mass is 9.96. The summed E-state index contributed by atoms with van der Waals surface area (Å²) in [6, 6.07) is 7.20. The molecule has 0 aliphatic carbocycles. The van der Waals surface area contributed by atoms with Gasteiger partial charge >= 0.3 is 0 Å². The monoisotopic (exact) mass is 492 g/mol. The van der Waals surface area contributed by atoms with Crippen molar-refractivity contribution in [3.63, 3.8) is 0 Å². The number of methoxy groups -OCH3 is 4. The Labute approximate surface area is 204 Å². The van der Waals surface area contributed by atoms with Crippen LogP contribution in [0.25, 0.3) is 0 Å². The molecular formula is C25H32O10. The van der Waals surface area contributed by atoms with Crippen molar-refractivity contribution < 1.29 is 47.4 Å². The third-order valence-electron chi connectivity index (χ3n) is 5.13. The minimum Gasteiger partial charge on any atom is -0.467 e. The third kappa shape index (κ3) is 6.62. The number of Topliss-reactive ketones (excluding diaryl/α,β-unsaturated/α-hetero) is 1. The molecule has 0 radical (unpaired) electrons. The maximum atomic E-state index is 13.4. The summed E-state index contributed by atoms with van der Waals surface area (Å²) in [6.07, 6.45) is -1.21. The first-order valence-corrected chi connectivity index (χ1v) is 10.9. The van der Waals surface area contributed by atoms with E-state index in [4.69, 9.17) is 42.6 Å². The molecule has 1 fully saturated rings. The normalized spacial score (nSPS) is 16.6. The van der Waals surface area contributed by atoms with Crippen LogP contribution < -0.4 is 18.9 Å². The van der Waals surface area contributed by atoms with Gasteiger partial charge in [0, 0.05) is 28.4 Å². The summed E-state index contributed by atoms with van der Waals surface area (Å²) >= 11 is 0. The van der Waals surface area contributed by atoms with Gasteiger partial charge in [0.1, 0.15) is 11.9 Å². The van der Waals surface area contributed by atoms with Crippen LogP contribution in [0, 0.1) is 13.8 Å². The quantitative estimate of drug-likeness (QED) is 0.208. The number of aryl methyl sites for hydroxylation is 2. The molecule has 0 spiro atoms. The van der Waals surface area contributed by atoms with Gasteiger partial charge in [-0.2, -0.15) is 0 Å². The van der Waals surface area contributed by atoms with Gasteiger partial charge < -0.3 is 42.6 Å². The van der Waals surface area contributed by atoms with Crippen molar-refractivity contribution in [1.82, 2.24) is 0 Å². The largest absolute Gasteiger partial charge is 0.467 e. The Kier molecular flexibility index (Phi) is 9.70.